The molecule has 23 nitrogen and oxygen atoms in total. The van der Waals surface area contributed by atoms with E-state index in [1.165, 1.54) is 82.7 Å². The molecule has 0 aromatic carbocycles. The number of carbonyl (C=O) groups excluding carboxylic acids is 11. The molecule has 1 fully saturated rings. The van der Waals surface area contributed by atoms with Crippen molar-refractivity contribution in [2.75, 3.05) is 48.8 Å². The summed E-state index contributed by atoms with van der Waals surface area (Å²) in [6.45, 7) is 28.9. The molecule has 474 valence electrons. The highest BCUT2D eigenvalue weighted by Crippen LogP contribution is 2.23. The molecule has 23 heteroatoms. The third kappa shape index (κ3) is 21.8. The normalized spacial score (nSPS) is 27.1. The number of hydrogen-bond acceptors (Lipinski definition) is 12. The molecule has 1 aliphatic rings. The van der Waals surface area contributed by atoms with Gasteiger partial charge >= 0.3 is 0 Å². The molecule has 0 bridgehead atoms. The molecule has 0 radical (unpaired) electrons. The second kappa shape index (κ2) is 34.0. The first kappa shape index (κ1) is 74.9. The molecule has 12 unspecified atom stereocenters. The maximum Gasteiger partial charge on any atom is 0.246 e. The Morgan fingerprint density at radius 1 is 0.434 bits per heavy atom. The number of aliphatic hydroxyl groups excluding tert-OH is 1. The summed E-state index contributed by atoms with van der Waals surface area (Å²) in [4.78, 5) is 165. The van der Waals surface area contributed by atoms with Gasteiger partial charge in [-0.15, -0.1) is 0 Å². The van der Waals surface area contributed by atoms with Gasteiger partial charge in [-0.2, -0.15) is 0 Å². The summed E-state index contributed by atoms with van der Waals surface area (Å²) in [6, 6.07) is -12.4. The van der Waals surface area contributed by atoms with Crippen LogP contribution in [-0.4, -0.2) is 215 Å². The maximum atomic E-state index is 14.8. The fourth-order valence-corrected chi connectivity index (χ4v) is 10.0. The molecular weight excluding hydrogens is 1070 g/mol. The van der Waals surface area contributed by atoms with Crippen LogP contribution in [0.2, 0.25) is 0 Å². The van der Waals surface area contributed by atoms with Gasteiger partial charge in [0.15, 0.2) is 0 Å². The number of amides is 11. The number of carbonyl (C=O) groups is 11. The van der Waals surface area contributed by atoms with Gasteiger partial charge in [-0.05, 0) is 101 Å². The monoisotopic (exact) mass is 1170 g/mol. The Morgan fingerprint density at radius 2 is 0.783 bits per heavy atom. The van der Waals surface area contributed by atoms with E-state index in [9.17, 15) is 57.8 Å². The number of rotatable bonds is 14. The van der Waals surface area contributed by atoms with E-state index in [-0.39, 0.29) is 49.4 Å². The van der Waals surface area contributed by atoms with Gasteiger partial charge in [-0.25, -0.2) is 0 Å². The first-order valence-corrected chi connectivity index (χ1v) is 29.6. The van der Waals surface area contributed by atoms with Crippen LogP contribution in [0.15, 0.2) is 12.2 Å². The van der Waals surface area contributed by atoms with Crippen molar-refractivity contribution in [3.63, 3.8) is 0 Å². The van der Waals surface area contributed by atoms with Gasteiger partial charge < -0.3 is 61.1 Å². The molecule has 0 aromatic rings. The van der Waals surface area contributed by atoms with Crippen molar-refractivity contribution in [1.29, 1.82) is 0 Å². The molecule has 12 atom stereocenters. The molecule has 6 N–H and O–H groups in total. The number of allylic oxidation sites excluding steroid dienone is 2. The summed E-state index contributed by atoms with van der Waals surface area (Å²) in [5, 5.41) is 25.6. The first-order chi connectivity index (χ1) is 38.2. The second-order valence-electron chi connectivity index (χ2n) is 25.4. The van der Waals surface area contributed by atoms with Crippen LogP contribution in [0.25, 0.3) is 0 Å². The molecule has 1 aliphatic heterocycles. The van der Waals surface area contributed by atoms with E-state index in [2.05, 4.69) is 26.6 Å². The Hall–Kier alpha value is -6.13. The van der Waals surface area contributed by atoms with E-state index < -0.39 is 156 Å². The van der Waals surface area contributed by atoms with Crippen LogP contribution >= 0.6 is 0 Å². The van der Waals surface area contributed by atoms with Gasteiger partial charge in [-0.1, -0.05) is 102 Å². The average Bonchev–Trinajstić information content (AvgIpc) is 3.42. The summed E-state index contributed by atoms with van der Waals surface area (Å²) >= 11 is 0. The number of aliphatic hydroxyl groups is 1. The van der Waals surface area contributed by atoms with Crippen LogP contribution in [0, 0.1) is 41.4 Å². The van der Waals surface area contributed by atoms with Crippen molar-refractivity contribution in [2.24, 2.45) is 41.4 Å². The number of hydrogen-bond donors (Lipinski definition) is 6. The molecule has 1 heterocycles. The highest BCUT2D eigenvalue weighted by molar-refractivity contribution is 5.99. The fraction of sp³-hybridized carbons (Fsp3) is 0.783. The predicted octanol–water partition coefficient (Wildman–Crippen LogP) is 2.54. The van der Waals surface area contributed by atoms with Crippen LogP contribution in [0.1, 0.15) is 150 Å². The summed E-state index contributed by atoms with van der Waals surface area (Å²) < 4.78 is 0. The quantitative estimate of drug-likeness (QED) is 0.137. The van der Waals surface area contributed by atoms with Crippen molar-refractivity contribution in [3.05, 3.63) is 12.2 Å². The highest BCUT2D eigenvalue weighted by Gasteiger charge is 2.44. The Morgan fingerprint density at radius 3 is 1.20 bits per heavy atom. The van der Waals surface area contributed by atoms with Crippen molar-refractivity contribution in [3.8, 4) is 0 Å². The summed E-state index contributed by atoms with van der Waals surface area (Å²) in [6.07, 6.45) is 2.98. The lowest BCUT2D eigenvalue weighted by Gasteiger charge is -2.38. The molecule has 11 amide bonds. The Kier molecular flexibility index (Phi) is 30.7. The van der Waals surface area contributed by atoms with Crippen LogP contribution in [0.4, 0.5) is 0 Å². The minimum absolute atomic E-state index is 0.128. The lowest BCUT2D eigenvalue weighted by atomic mass is 9.91. The molecular formula is C60H107N11O12. The van der Waals surface area contributed by atoms with Crippen LogP contribution in [-0.2, 0) is 52.7 Å². The molecule has 1 saturated heterocycles. The number of likely N-dealkylation sites (N-methyl/N-ethyl adjacent to an activating group) is 6. The summed E-state index contributed by atoms with van der Waals surface area (Å²) in [5.74, 6) is -9.95. The largest absolute Gasteiger partial charge is 0.390 e. The van der Waals surface area contributed by atoms with Gasteiger partial charge in [0.25, 0.3) is 0 Å². The first-order valence-electron chi connectivity index (χ1n) is 29.6. The Balaban J connectivity index is 4.22. The molecule has 83 heavy (non-hydrogen) atoms. The SMILES string of the molecule is CC=CCC(C)C(O)C1C(=O)NC(C)C(=O)N(C)CC(=O)N(C)C(CC(C)C)C(=O)NC(C(C)C)C(=O)N(C)C(CC(C)C)C(=O)NC(C)C(=O)NC(C)C(=O)N(C)C(CC(C)C)C(=O)N(C)C(CC(C)C)C(=O)NC(C(C)C)C(=O)N1C. The zero-order chi connectivity index (χ0) is 64.4. The van der Waals surface area contributed by atoms with E-state index in [4.69, 9.17) is 0 Å². The van der Waals surface area contributed by atoms with Gasteiger partial charge in [0.1, 0.15) is 60.4 Å². The number of nitrogens with zero attached hydrogens (tertiary/aromatic N) is 6. The molecule has 0 aromatic heterocycles. The second-order valence-corrected chi connectivity index (χ2v) is 25.4. The van der Waals surface area contributed by atoms with Gasteiger partial charge in [-0.3, -0.25) is 52.7 Å². The van der Waals surface area contributed by atoms with Gasteiger partial charge in [0, 0.05) is 42.3 Å². The van der Waals surface area contributed by atoms with Crippen molar-refractivity contribution < 1.29 is 57.8 Å². The molecule has 1 rings (SSSR count). The molecule has 0 saturated carbocycles. The van der Waals surface area contributed by atoms with Crippen molar-refractivity contribution in [1.82, 2.24) is 56.0 Å². The lowest BCUT2D eigenvalue weighted by molar-refractivity contribution is -0.151. The fourth-order valence-electron chi connectivity index (χ4n) is 10.0. The smallest absolute Gasteiger partial charge is 0.246 e. The zero-order valence-corrected chi connectivity index (χ0v) is 54.4. The minimum Gasteiger partial charge on any atom is -0.390 e. The van der Waals surface area contributed by atoms with Crippen LogP contribution in [0.5, 0.6) is 0 Å². The minimum atomic E-state index is -1.61. The number of nitrogens with one attached hydrogen (secondary N) is 5. The maximum absolute atomic E-state index is 14.8. The zero-order valence-electron chi connectivity index (χ0n) is 54.4. The topological polar surface area (TPSA) is 288 Å². The summed E-state index contributed by atoms with van der Waals surface area (Å²) in [5.41, 5.74) is 0. The van der Waals surface area contributed by atoms with Gasteiger partial charge in [0.05, 0.1) is 12.6 Å². The third-order valence-corrected chi connectivity index (χ3v) is 15.4. The van der Waals surface area contributed by atoms with Crippen molar-refractivity contribution >= 4 is 65.0 Å². The van der Waals surface area contributed by atoms with E-state index in [1.54, 1.807) is 53.7 Å². The highest BCUT2D eigenvalue weighted by atomic mass is 16.3. The standard InChI is InChI=1S/C60H107N11O12/c1-24-25-26-38(14)50(73)49-55(78)63-40(16)56(79)66(18)31-46(72)67(19)42(27-32(2)3)53(76)64-47(36(10)11)59(82)69(21)43(28-33(4)5)52(75)61-39(15)51(74)62-41(17)57(80)70(22)45(30-35(8)9)58(81)68(20)44(29-34(6)7)54(77)65-48(37(12)13)60(83)71(49)23/h24-25,32-45,47-50,73H,26-31H2,1-23H3,(H,61,75)(H,62,74)(H,63,78)(H,64,76)(H,65,77). The Labute approximate surface area is 495 Å². The van der Waals surface area contributed by atoms with E-state index in [1.807, 2.05) is 55.4 Å². The van der Waals surface area contributed by atoms with Crippen LogP contribution in [0.3, 0.4) is 0 Å². The predicted molar refractivity (Wildman–Crippen MR) is 319 cm³/mol. The van der Waals surface area contributed by atoms with Crippen LogP contribution < -0.4 is 26.6 Å². The van der Waals surface area contributed by atoms with Gasteiger partial charge in [0.2, 0.25) is 65.0 Å². The van der Waals surface area contributed by atoms with E-state index in [0.29, 0.717) is 6.42 Å². The molecule has 0 spiro atoms. The average molecular weight is 1170 g/mol. The van der Waals surface area contributed by atoms with Crippen molar-refractivity contribution in [2.45, 2.75) is 216 Å². The van der Waals surface area contributed by atoms with E-state index >= 15 is 0 Å². The molecule has 0 aliphatic carbocycles. The Bertz CT molecular complexity index is 2270. The summed E-state index contributed by atoms with van der Waals surface area (Å²) in [7, 11) is 8.37. The third-order valence-electron chi connectivity index (χ3n) is 15.4. The lowest BCUT2D eigenvalue weighted by Crippen LogP contribution is -2.63. The van der Waals surface area contributed by atoms with E-state index in [0.717, 1.165) is 9.80 Å².